The van der Waals surface area contributed by atoms with Crippen LogP contribution >= 0.6 is 11.6 Å². The van der Waals surface area contributed by atoms with Gasteiger partial charge in [0.15, 0.2) is 0 Å². The van der Waals surface area contributed by atoms with Crippen LogP contribution in [-0.2, 0) is 16.4 Å². The Labute approximate surface area is 190 Å². The molecule has 0 aromatic heterocycles. The lowest BCUT2D eigenvalue weighted by atomic mass is 9.78. The number of fused-ring (bicyclic) bond motifs is 1. The van der Waals surface area contributed by atoms with E-state index in [1.165, 1.54) is 10.5 Å². The molecule has 164 valence electrons. The summed E-state index contributed by atoms with van der Waals surface area (Å²) in [5.41, 5.74) is 2.18. The molecule has 1 unspecified atom stereocenters. The summed E-state index contributed by atoms with van der Waals surface area (Å²) >= 11 is 6.03. The number of hydrogen-bond donors (Lipinski definition) is 1. The van der Waals surface area contributed by atoms with E-state index in [2.05, 4.69) is 27.1 Å². The largest absolute Gasteiger partial charge is 0.307 e. The van der Waals surface area contributed by atoms with Gasteiger partial charge in [-0.3, -0.25) is 0 Å². The van der Waals surface area contributed by atoms with E-state index in [4.69, 9.17) is 11.6 Å². The van der Waals surface area contributed by atoms with E-state index in [1.54, 1.807) is 10.4 Å². The zero-order chi connectivity index (χ0) is 22.2. The van der Waals surface area contributed by atoms with E-state index in [0.29, 0.717) is 18.0 Å². The van der Waals surface area contributed by atoms with Gasteiger partial charge in [0, 0.05) is 28.9 Å². The van der Waals surface area contributed by atoms with Crippen molar-refractivity contribution in [1.82, 2.24) is 4.31 Å². The number of benzene rings is 3. The molecule has 0 spiro atoms. The summed E-state index contributed by atoms with van der Waals surface area (Å²) in [6, 6.07) is 19.4. The Balaban J connectivity index is 1.67. The first-order valence-corrected chi connectivity index (χ1v) is 12.6. The standard InChI is InChI=1S/C25H29ClN2O2S/c1-25(17-19-11-13-20(26)14-12-19)15-6-16-28(18-25)31(29,30)24-10-5-7-21-22(24)8-4-9-23(21)27(2)3/h4-5,7-14H,6,15-18H2,1-3H3/p+1. The second-order valence-corrected chi connectivity index (χ2v) is 11.6. The lowest BCUT2D eigenvalue weighted by Gasteiger charge is -2.40. The van der Waals surface area contributed by atoms with Crippen molar-refractivity contribution in [3.63, 3.8) is 0 Å². The average molecular weight is 458 g/mol. The van der Waals surface area contributed by atoms with Crippen LogP contribution < -0.4 is 4.90 Å². The number of quaternary nitrogens is 1. The highest BCUT2D eigenvalue weighted by Crippen LogP contribution is 2.37. The van der Waals surface area contributed by atoms with Gasteiger partial charge in [-0.05, 0) is 60.6 Å². The molecule has 1 saturated heterocycles. The van der Waals surface area contributed by atoms with Crippen LogP contribution in [0.25, 0.3) is 10.8 Å². The van der Waals surface area contributed by atoms with Crippen LogP contribution in [0, 0.1) is 5.41 Å². The average Bonchev–Trinajstić information content (AvgIpc) is 2.74. The number of nitrogens with one attached hydrogen (secondary N) is 1. The Kier molecular flexibility index (Phi) is 6.14. The third kappa shape index (κ3) is 4.51. The molecule has 1 atom stereocenters. The summed E-state index contributed by atoms with van der Waals surface area (Å²) in [5.74, 6) is 0. The summed E-state index contributed by atoms with van der Waals surface area (Å²) < 4.78 is 29.2. The number of sulfonamides is 1. The Morgan fingerprint density at radius 1 is 1.00 bits per heavy atom. The second kappa shape index (κ2) is 8.55. The fraction of sp³-hybridized carbons (Fsp3) is 0.360. The van der Waals surface area contributed by atoms with Crippen molar-refractivity contribution in [3.8, 4) is 0 Å². The highest BCUT2D eigenvalue weighted by Gasteiger charge is 2.37. The van der Waals surface area contributed by atoms with Crippen LogP contribution in [0.2, 0.25) is 5.02 Å². The van der Waals surface area contributed by atoms with Crippen LogP contribution in [0.5, 0.6) is 0 Å². The van der Waals surface area contributed by atoms with Gasteiger partial charge in [0.2, 0.25) is 10.0 Å². The fourth-order valence-corrected chi connectivity index (χ4v) is 6.75. The molecule has 1 aliphatic rings. The first-order chi connectivity index (χ1) is 14.7. The first-order valence-electron chi connectivity index (χ1n) is 10.8. The van der Waals surface area contributed by atoms with Crippen molar-refractivity contribution in [3.05, 3.63) is 71.2 Å². The van der Waals surface area contributed by atoms with Crippen molar-refractivity contribution < 1.29 is 13.3 Å². The molecule has 4 nitrogen and oxygen atoms in total. The summed E-state index contributed by atoms with van der Waals surface area (Å²) in [6.45, 7) is 3.28. The van der Waals surface area contributed by atoms with Crippen LogP contribution in [0.4, 0.5) is 5.69 Å². The van der Waals surface area contributed by atoms with Gasteiger partial charge in [0.25, 0.3) is 0 Å². The van der Waals surface area contributed by atoms with Gasteiger partial charge in [0.05, 0.1) is 19.0 Å². The van der Waals surface area contributed by atoms with E-state index >= 15 is 0 Å². The predicted octanol–water partition coefficient (Wildman–Crippen LogP) is 4.30. The van der Waals surface area contributed by atoms with Gasteiger partial charge >= 0.3 is 0 Å². The molecule has 6 heteroatoms. The fourth-order valence-electron chi connectivity index (χ4n) is 4.79. The zero-order valence-corrected chi connectivity index (χ0v) is 19.9. The quantitative estimate of drug-likeness (QED) is 0.620. The molecular weight excluding hydrogens is 428 g/mol. The summed E-state index contributed by atoms with van der Waals surface area (Å²) in [4.78, 5) is 1.58. The molecule has 1 fully saturated rings. The minimum Gasteiger partial charge on any atom is -0.307 e. The van der Waals surface area contributed by atoms with Crippen LogP contribution in [-0.4, -0.2) is 39.9 Å². The molecule has 1 N–H and O–H groups in total. The third-order valence-electron chi connectivity index (χ3n) is 6.33. The number of halogens is 1. The predicted molar refractivity (Wildman–Crippen MR) is 128 cm³/mol. The summed E-state index contributed by atoms with van der Waals surface area (Å²) in [5, 5.41) is 2.51. The molecule has 0 radical (unpaired) electrons. The minimum absolute atomic E-state index is 0.108. The Morgan fingerprint density at radius 2 is 1.68 bits per heavy atom. The van der Waals surface area contributed by atoms with E-state index < -0.39 is 10.0 Å². The van der Waals surface area contributed by atoms with Crippen molar-refractivity contribution in [2.75, 3.05) is 27.2 Å². The molecular formula is C25H30ClN2O2S+. The van der Waals surface area contributed by atoms with Gasteiger partial charge < -0.3 is 4.90 Å². The minimum atomic E-state index is -3.60. The van der Waals surface area contributed by atoms with Crippen molar-refractivity contribution >= 4 is 38.1 Å². The molecule has 4 rings (SSSR count). The van der Waals surface area contributed by atoms with Crippen LogP contribution in [0.3, 0.4) is 0 Å². The summed E-state index contributed by atoms with van der Waals surface area (Å²) in [7, 11) is 0.518. The normalized spacial score (nSPS) is 20.4. The van der Waals surface area contributed by atoms with Crippen LogP contribution in [0.15, 0.2) is 65.6 Å². The van der Waals surface area contributed by atoms with E-state index in [1.807, 2.05) is 48.5 Å². The third-order valence-corrected chi connectivity index (χ3v) is 8.48. The first kappa shape index (κ1) is 22.3. The number of piperidine rings is 1. The highest BCUT2D eigenvalue weighted by molar-refractivity contribution is 7.89. The topological polar surface area (TPSA) is 41.8 Å². The molecule has 1 heterocycles. The Hall–Kier alpha value is -1.92. The monoisotopic (exact) mass is 457 g/mol. The van der Waals surface area contributed by atoms with Crippen molar-refractivity contribution in [2.45, 2.75) is 31.1 Å². The van der Waals surface area contributed by atoms with Crippen molar-refractivity contribution in [1.29, 1.82) is 0 Å². The molecule has 3 aromatic rings. The Bertz CT molecular complexity index is 1190. The maximum atomic E-state index is 13.8. The maximum Gasteiger partial charge on any atom is 0.243 e. The summed E-state index contributed by atoms with van der Waals surface area (Å²) in [6.07, 6.45) is 2.70. The van der Waals surface area contributed by atoms with Gasteiger partial charge in [0.1, 0.15) is 5.69 Å². The van der Waals surface area contributed by atoms with E-state index in [9.17, 15) is 8.42 Å². The smallest absolute Gasteiger partial charge is 0.243 e. The second-order valence-electron chi connectivity index (χ2n) is 9.21. The Morgan fingerprint density at radius 3 is 2.39 bits per heavy atom. The molecule has 0 amide bonds. The SMILES string of the molecule is C[NH+](C)c1cccc2c(S(=O)(=O)N3CCCC(C)(Cc4ccc(Cl)cc4)C3)cccc12. The van der Waals surface area contributed by atoms with E-state index in [-0.39, 0.29) is 5.41 Å². The molecule has 3 aromatic carbocycles. The molecule has 0 saturated carbocycles. The van der Waals surface area contributed by atoms with Gasteiger partial charge in [-0.25, -0.2) is 8.42 Å². The zero-order valence-electron chi connectivity index (χ0n) is 18.4. The van der Waals surface area contributed by atoms with E-state index in [0.717, 1.165) is 40.7 Å². The molecule has 0 bridgehead atoms. The number of nitrogens with zero attached hydrogens (tertiary/aromatic N) is 1. The highest BCUT2D eigenvalue weighted by atomic mass is 35.5. The van der Waals surface area contributed by atoms with Gasteiger partial charge in [-0.1, -0.05) is 48.9 Å². The van der Waals surface area contributed by atoms with Crippen LogP contribution in [0.1, 0.15) is 25.3 Å². The number of hydrogen-bond acceptors (Lipinski definition) is 2. The number of rotatable bonds is 5. The lowest BCUT2D eigenvalue weighted by molar-refractivity contribution is -0.785. The molecule has 1 aliphatic heterocycles. The molecule has 31 heavy (non-hydrogen) atoms. The van der Waals surface area contributed by atoms with Gasteiger partial charge in [-0.2, -0.15) is 4.31 Å². The maximum absolute atomic E-state index is 13.8. The van der Waals surface area contributed by atoms with Gasteiger partial charge in [-0.15, -0.1) is 0 Å². The lowest BCUT2D eigenvalue weighted by Crippen LogP contribution is -3.00. The van der Waals surface area contributed by atoms with Crippen molar-refractivity contribution in [2.24, 2.45) is 5.41 Å². The molecule has 0 aliphatic carbocycles.